The Bertz CT molecular complexity index is 883. The first-order valence-corrected chi connectivity index (χ1v) is 6.66. The highest BCUT2D eigenvalue weighted by Crippen LogP contribution is 2.17. The van der Waals surface area contributed by atoms with Gasteiger partial charge in [-0.25, -0.2) is 4.79 Å². The van der Waals surface area contributed by atoms with Crippen molar-refractivity contribution in [1.82, 2.24) is 4.40 Å². The van der Waals surface area contributed by atoms with Gasteiger partial charge in [-0.3, -0.25) is 10.1 Å². The van der Waals surface area contributed by atoms with Crippen LogP contribution in [0.3, 0.4) is 0 Å². The molecule has 0 spiro atoms. The Balaban J connectivity index is 2.16. The average Bonchev–Trinajstić information content (AvgIpc) is 2.89. The van der Waals surface area contributed by atoms with E-state index < -0.39 is 6.09 Å². The number of hydrogen-bond donors (Lipinski definition) is 1. The summed E-state index contributed by atoms with van der Waals surface area (Å²) >= 11 is 0. The van der Waals surface area contributed by atoms with Crippen LogP contribution in [0.2, 0.25) is 0 Å². The van der Waals surface area contributed by atoms with Crippen molar-refractivity contribution in [3.8, 4) is 0 Å². The van der Waals surface area contributed by atoms with Crippen molar-refractivity contribution in [3.05, 3.63) is 59.0 Å². The van der Waals surface area contributed by atoms with Crippen molar-refractivity contribution in [2.45, 2.75) is 6.92 Å². The van der Waals surface area contributed by atoms with Gasteiger partial charge in [-0.1, -0.05) is 6.07 Å². The monoisotopic (exact) mass is 282 g/mol. The Labute approximate surface area is 120 Å². The van der Waals surface area contributed by atoms with Crippen molar-refractivity contribution >= 4 is 28.1 Å². The molecule has 106 valence electrons. The van der Waals surface area contributed by atoms with Gasteiger partial charge in [-0.15, -0.1) is 0 Å². The Morgan fingerprint density at radius 1 is 1.24 bits per heavy atom. The number of anilines is 1. The van der Waals surface area contributed by atoms with E-state index in [1.807, 2.05) is 24.5 Å². The Hall–Kier alpha value is -2.82. The minimum Gasteiger partial charge on any atom is -0.450 e. The summed E-state index contributed by atoms with van der Waals surface area (Å²) in [4.78, 5) is 24.0. The van der Waals surface area contributed by atoms with E-state index in [1.54, 1.807) is 35.6 Å². The lowest BCUT2D eigenvalue weighted by Crippen LogP contribution is -2.13. The fourth-order valence-electron chi connectivity index (χ4n) is 2.28. The van der Waals surface area contributed by atoms with Crippen molar-refractivity contribution in [3.63, 3.8) is 0 Å². The summed E-state index contributed by atoms with van der Waals surface area (Å²) in [6, 6.07) is 10.7. The third kappa shape index (κ3) is 2.45. The van der Waals surface area contributed by atoms with Crippen LogP contribution in [0.5, 0.6) is 0 Å². The van der Waals surface area contributed by atoms with Gasteiger partial charge in [0.25, 0.3) is 0 Å². The molecule has 0 aliphatic carbocycles. The molecule has 1 amide bonds. The van der Waals surface area contributed by atoms with Gasteiger partial charge in [-0.2, -0.15) is 0 Å². The van der Waals surface area contributed by atoms with Crippen molar-refractivity contribution in [2.75, 3.05) is 11.9 Å². The standard InChI is InChI=1S/C16H14N2O3/c1-2-21-16(20)17-12-6-5-11-7-9-18-8-3-4-14(18)15(19)13(11)10-12/h3-10H,2H2,1H3,(H,17,20). The zero-order valence-electron chi connectivity index (χ0n) is 11.5. The Morgan fingerprint density at radius 2 is 2.10 bits per heavy atom. The first-order valence-electron chi connectivity index (χ1n) is 6.66. The van der Waals surface area contributed by atoms with Gasteiger partial charge in [0.15, 0.2) is 0 Å². The number of ether oxygens (including phenoxy) is 1. The Morgan fingerprint density at radius 3 is 2.90 bits per heavy atom. The average molecular weight is 282 g/mol. The molecule has 0 saturated heterocycles. The van der Waals surface area contributed by atoms with Gasteiger partial charge >= 0.3 is 6.09 Å². The fourth-order valence-corrected chi connectivity index (χ4v) is 2.28. The van der Waals surface area contributed by atoms with E-state index >= 15 is 0 Å². The molecule has 0 bridgehead atoms. The van der Waals surface area contributed by atoms with Crippen LogP contribution < -0.4 is 10.7 Å². The largest absolute Gasteiger partial charge is 0.450 e. The number of nitrogens with one attached hydrogen (secondary N) is 1. The predicted octanol–water partition coefficient (Wildman–Crippen LogP) is 3.02. The van der Waals surface area contributed by atoms with Crippen molar-refractivity contribution in [2.24, 2.45) is 0 Å². The summed E-state index contributed by atoms with van der Waals surface area (Å²) in [5, 5.41) is 3.98. The third-order valence-corrected chi connectivity index (χ3v) is 3.25. The third-order valence-electron chi connectivity index (χ3n) is 3.25. The molecule has 5 heteroatoms. The predicted molar refractivity (Wildman–Crippen MR) is 81.8 cm³/mol. The molecule has 3 aromatic rings. The van der Waals surface area contributed by atoms with Crippen LogP contribution in [0.4, 0.5) is 10.5 Å². The van der Waals surface area contributed by atoms with Crippen LogP contribution in [-0.4, -0.2) is 17.1 Å². The van der Waals surface area contributed by atoms with Gasteiger partial charge in [-0.05, 0) is 42.6 Å². The van der Waals surface area contributed by atoms with Crippen molar-refractivity contribution in [1.29, 1.82) is 0 Å². The molecule has 5 nitrogen and oxygen atoms in total. The lowest BCUT2D eigenvalue weighted by atomic mass is 10.1. The second-order valence-electron chi connectivity index (χ2n) is 4.59. The molecule has 0 aliphatic rings. The molecule has 0 aliphatic heterocycles. The number of amides is 1. The number of nitrogens with zero attached hydrogens (tertiary/aromatic N) is 1. The van der Waals surface area contributed by atoms with E-state index in [1.165, 1.54) is 0 Å². The van der Waals surface area contributed by atoms with Crippen LogP contribution in [0.1, 0.15) is 6.92 Å². The van der Waals surface area contributed by atoms with E-state index in [0.29, 0.717) is 23.2 Å². The number of benzene rings is 1. The fraction of sp³-hybridized carbons (Fsp3) is 0.125. The van der Waals surface area contributed by atoms with E-state index in [9.17, 15) is 9.59 Å². The molecular formula is C16H14N2O3. The maximum Gasteiger partial charge on any atom is 0.411 e. The molecule has 1 aromatic carbocycles. The first kappa shape index (κ1) is 13.2. The van der Waals surface area contributed by atoms with Crippen LogP contribution in [0.25, 0.3) is 16.3 Å². The Kier molecular flexibility index (Phi) is 3.31. The lowest BCUT2D eigenvalue weighted by molar-refractivity contribution is 0.168. The molecule has 1 N–H and O–H groups in total. The molecule has 0 radical (unpaired) electrons. The molecule has 0 saturated carbocycles. The van der Waals surface area contributed by atoms with Crippen LogP contribution in [0.15, 0.2) is 53.6 Å². The SMILES string of the molecule is CCOC(=O)Nc1ccc2ccn3cccc3c(=O)c2c1. The molecule has 2 aromatic heterocycles. The molecular weight excluding hydrogens is 268 g/mol. The molecule has 0 unspecified atom stereocenters. The molecule has 2 heterocycles. The lowest BCUT2D eigenvalue weighted by Gasteiger charge is -2.05. The molecule has 0 fully saturated rings. The highest BCUT2D eigenvalue weighted by Gasteiger charge is 2.06. The maximum atomic E-state index is 12.5. The summed E-state index contributed by atoms with van der Waals surface area (Å²) in [5.41, 5.74) is 1.06. The highest BCUT2D eigenvalue weighted by atomic mass is 16.5. The van der Waals surface area contributed by atoms with Crippen LogP contribution >= 0.6 is 0 Å². The number of hydrogen-bond acceptors (Lipinski definition) is 3. The highest BCUT2D eigenvalue weighted by molar-refractivity contribution is 5.92. The minimum absolute atomic E-state index is 0.0764. The second-order valence-corrected chi connectivity index (χ2v) is 4.59. The van der Waals surface area contributed by atoms with E-state index in [4.69, 9.17) is 4.74 Å². The summed E-state index contributed by atoms with van der Waals surface area (Å²) in [6.45, 7) is 2.03. The minimum atomic E-state index is -0.530. The zero-order chi connectivity index (χ0) is 14.8. The summed E-state index contributed by atoms with van der Waals surface area (Å²) < 4.78 is 6.61. The van der Waals surface area contributed by atoms with Crippen LogP contribution in [0, 0.1) is 0 Å². The van der Waals surface area contributed by atoms with Gasteiger partial charge < -0.3 is 9.14 Å². The number of carbonyl (C=O) groups is 1. The smallest absolute Gasteiger partial charge is 0.411 e. The van der Waals surface area contributed by atoms with Crippen molar-refractivity contribution < 1.29 is 9.53 Å². The molecule has 21 heavy (non-hydrogen) atoms. The normalized spacial score (nSPS) is 10.7. The molecule has 0 atom stereocenters. The van der Waals surface area contributed by atoms with Gasteiger partial charge in [0.05, 0.1) is 12.1 Å². The van der Waals surface area contributed by atoms with E-state index in [0.717, 1.165) is 5.39 Å². The maximum absolute atomic E-state index is 12.5. The van der Waals surface area contributed by atoms with Gasteiger partial charge in [0.1, 0.15) is 0 Å². The summed E-state index contributed by atoms with van der Waals surface area (Å²) in [7, 11) is 0. The number of aromatic nitrogens is 1. The second kappa shape index (κ2) is 5.28. The first-order chi connectivity index (χ1) is 10.2. The summed E-state index contributed by atoms with van der Waals surface area (Å²) in [6.07, 6.45) is 3.14. The zero-order valence-corrected chi connectivity index (χ0v) is 11.5. The topological polar surface area (TPSA) is 59.8 Å². The number of rotatable bonds is 2. The number of carbonyl (C=O) groups excluding carboxylic acids is 1. The van der Waals surface area contributed by atoms with Crippen LogP contribution in [-0.2, 0) is 4.74 Å². The number of fused-ring (bicyclic) bond motifs is 2. The molecule has 3 rings (SSSR count). The van der Waals surface area contributed by atoms with E-state index in [2.05, 4.69) is 5.32 Å². The van der Waals surface area contributed by atoms with Gasteiger partial charge in [0.2, 0.25) is 5.43 Å². The quantitative estimate of drug-likeness (QED) is 0.786. The summed E-state index contributed by atoms with van der Waals surface area (Å²) in [5.74, 6) is 0. The van der Waals surface area contributed by atoms with E-state index in [-0.39, 0.29) is 5.43 Å². The van der Waals surface area contributed by atoms with Gasteiger partial charge in [0, 0.05) is 23.5 Å².